The lowest BCUT2D eigenvalue weighted by Gasteiger charge is -2.02. The Hall–Kier alpha value is -0.500. The van der Waals surface area contributed by atoms with Gasteiger partial charge in [-0.2, -0.15) is 11.8 Å². The van der Waals surface area contributed by atoms with Crippen molar-refractivity contribution in [2.75, 3.05) is 11.5 Å². The zero-order valence-electron chi connectivity index (χ0n) is 13.4. The second-order valence-corrected chi connectivity index (χ2v) is 6.93. The molecule has 1 aromatic heterocycles. The second-order valence-electron chi connectivity index (χ2n) is 5.70. The normalized spacial score (nSPS) is 10.9. The largest absolute Gasteiger partial charge is 0.205 e. The Morgan fingerprint density at radius 3 is 2.15 bits per heavy atom. The van der Waals surface area contributed by atoms with Gasteiger partial charge in [0.25, 0.3) is 0 Å². The fourth-order valence-electron chi connectivity index (χ4n) is 2.29. The van der Waals surface area contributed by atoms with Crippen molar-refractivity contribution in [3.05, 3.63) is 30.1 Å². The van der Waals surface area contributed by atoms with Gasteiger partial charge in [0.05, 0.1) is 0 Å². The summed E-state index contributed by atoms with van der Waals surface area (Å²) >= 11 is 2.13. The van der Waals surface area contributed by atoms with Crippen LogP contribution >= 0.6 is 11.8 Å². The zero-order chi connectivity index (χ0) is 14.5. The van der Waals surface area contributed by atoms with Crippen molar-refractivity contribution < 1.29 is 4.57 Å². The summed E-state index contributed by atoms with van der Waals surface area (Å²) in [7, 11) is 0. The molecule has 0 N–H and O–H groups in total. The van der Waals surface area contributed by atoms with Crippen LogP contribution in [-0.2, 0) is 6.54 Å². The average molecular weight is 295 g/mol. The van der Waals surface area contributed by atoms with Gasteiger partial charge in [-0.1, -0.05) is 45.4 Å². The number of nitrogens with zero attached hydrogens (tertiary/aromatic N) is 1. The van der Waals surface area contributed by atoms with E-state index < -0.39 is 0 Å². The molecule has 0 saturated carbocycles. The lowest BCUT2D eigenvalue weighted by Crippen LogP contribution is -2.32. The zero-order valence-corrected chi connectivity index (χ0v) is 14.3. The minimum atomic E-state index is 1.16. The first-order chi connectivity index (χ1) is 9.83. The molecule has 114 valence electrons. The molecule has 2 heteroatoms. The van der Waals surface area contributed by atoms with E-state index in [1.807, 2.05) is 0 Å². The third-order valence-corrected chi connectivity index (χ3v) is 4.81. The minimum absolute atomic E-state index is 1.16. The van der Waals surface area contributed by atoms with E-state index in [0.29, 0.717) is 0 Å². The van der Waals surface area contributed by atoms with Crippen molar-refractivity contribution in [3.63, 3.8) is 0 Å². The molecule has 0 fully saturated rings. The van der Waals surface area contributed by atoms with E-state index in [9.17, 15) is 0 Å². The van der Waals surface area contributed by atoms with Gasteiger partial charge in [-0.3, -0.25) is 0 Å². The molecule has 0 aliphatic carbocycles. The number of pyridine rings is 1. The van der Waals surface area contributed by atoms with Crippen LogP contribution < -0.4 is 4.57 Å². The number of hydrogen-bond acceptors (Lipinski definition) is 1. The summed E-state index contributed by atoms with van der Waals surface area (Å²) in [5.74, 6) is 2.66. The Morgan fingerprint density at radius 1 is 0.850 bits per heavy atom. The summed E-state index contributed by atoms with van der Waals surface area (Å²) in [5, 5.41) is 0. The molecule has 0 radical (unpaired) electrons. The molecule has 0 unspecified atom stereocenters. The molecule has 0 spiro atoms. The minimum Gasteiger partial charge on any atom is -0.205 e. The summed E-state index contributed by atoms with van der Waals surface area (Å²) < 4.78 is 2.29. The lowest BCUT2D eigenvalue weighted by molar-refractivity contribution is -0.696. The average Bonchev–Trinajstić information content (AvgIpc) is 2.47. The van der Waals surface area contributed by atoms with Crippen LogP contribution in [0.4, 0.5) is 0 Å². The van der Waals surface area contributed by atoms with Crippen LogP contribution in [0.2, 0.25) is 0 Å². The van der Waals surface area contributed by atoms with Crippen LogP contribution in [0.25, 0.3) is 0 Å². The first-order valence-corrected chi connectivity index (χ1v) is 9.52. The predicted molar refractivity (Wildman–Crippen MR) is 91.3 cm³/mol. The smallest absolute Gasteiger partial charge is 0.169 e. The molecule has 0 aliphatic rings. The third-order valence-electron chi connectivity index (χ3n) is 3.66. The molecule has 1 rings (SSSR count). The number of aromatic nitrogens is 1. The fourth-order valence-corrected chi connectivity index (χ4v) is 3.24. The van der Waals surface area contributed by atoms with Crippen LogP contribution in [0.1, 0.15) is 63.9 Å². The fraction of sp³-hybridized carbons (Fsp3) is 0.722. The predicted octanol–water partition coefficient (Wildman–Crippen LogP) is 5.16. The van der Waals surface area contributed by atoms with E-state index in [2.05, 4.69) is 54.7 Å². The van der Waals surface area contributed by atoms with Crippen LogP contribution in [0, 0.1) is 6.92 Å². The number of aryl methyl sites for hydroxylation is 2. The van der Waals surface area contributed by atoms with Crippen molar-refractivity contribution >= 4 is 11.8 Å². The van der Waals surface area contributed by atoms with Gasteiger partial charge in [-0.05, 0) is 30.4 Å². The van der Waals surface area contributed by atoms with E-state index in [0.717, 1.165) is 6.54 Å². The summed E-state index contributed by atoms with van der Waals surface area (Å²) in [4.78, 5) is 0. The Bertz CT molecular complexity index is 321. The summed E-state index contributed by atoms with van der Waals surface area (Å²) in [6.07, 6.45) is 15.6. The highest BCUT2D eigenvalue weighted by Crippen LogP contribution is 2.11. The molecule has 1 heterocycles. The standard InChI is InChI=1S/C18H32NS/c1-3-4-5-6-7-8-9-16-20-17-10-13-19-14-11-18(2)12-15-19/h11-12,14-15H,3-10,13,16-17H2,1-2H3/q+1. The Morgan fingerprint density at radius 2 is 1.45 bits per heavy atom. The molecule has 0 aromatic carbocycles. The molecule has 20 heavy (non-hydrogen) atoms. The highest BCUT2D eigenvalue weighted by atomic mass is 32.2. The molecule has 0 bridgehead atoms. The Labute approximate surface area is 130 Å². The van der Waals surface area contributed by atoms with Crippen LogP contribution in [0.3, 0.4) is 0 Å². The van der Waals surface area contributed by atoms with Gasteiger partial charge in [-0.15, -0.1) is 0 Å². The van der Waals surface area contributed by atoms with Crippen molar-refractivity contribution in [1.29, 1.82) is 0 Å². The van der Waals surface area contributed by atoms with Crippen LogP contribution in [-0.4, -0.2) is 11.5 Å². The molecular formula is C18H32NS+. The maximum absolute atomic E-state index is 2.29. The first-order valence-electron chi connectivity index (χ1n) is 8.36. The molecule has 0 atom stereocenters. The Kier molecular flexibility index (Phi) is 10.8. The molecule has 1 nitrogen and oxygen atoms in total. The maximum atomic E-state index is 2.29. The first kappa shape index (κ1) is 17.6. The van der Waals surface area contributed by atoms with E-state index in [1.54, 1.807) is 0 Å². The van der Waals surface area contributed by atoms with Gasteiger partial charge < -0.3 is 0 Å². The lowest BCUT2D eigenvalue weighted by atomic mass is 10.1. The van der Waals surface area contributed by atoms with Gasteiger partial charge in [0.1, 0.15) is 6.54 Å². The summed E-state index contributed by atoms with van der Waals surface area (Å²) in [6.45, 7) is 5.58. The van der Waals surface area contributed by atoms with Crippen molar-refractivity contribution in [1.82, 2.24) is 0 Å². The van der Waals surface area contributed by atoms with Gasteiger partial charge in [0.2, 0.25) is 0 Å². The van der Waals surface area contributed by atoms with Gasteiger partial charge in [0, 0.05) is 18.6 Å². The van der Waals surface area contributed by atoms with Gasteiger partial charge in [0.15, 0.2) is 12.4 Å². The number of thioether (sulfide) groups is 1. The molecular weight excluding hydrogens is 262 g/mol. The highest BCUT2D eigenvalue weighted by Gasteiger charge is 1.99. The number of rotatable bonds is 12. The molecule has 1 aromatic rings. The Balaban J connectivity index is 1.84. The molecule has 0 saturated heterocycles. The van der Waals surface area contributed by atoms with Gasteiger partial charge in [-0.25, -0.2) is 4.57 Å². The third kappa shape index (κ3) is 9.41. The SMILES string of the molecule is CCCCCCCCCSCCC[n+]1ccc(C)cc1. The van der Waals surface area contributed by atoms with E-state index in [4.69, 9.17) is 0 Å². The quantitative estimate of drug-likeness (QED) is 0.380. The summed E-state index contributed by atoms with van der Waals surface area (Å²) in [5.41, 5.74) is 1.34. The number of unbranched alkanes of at least 4 members (excludes halogenated alkanes) is 6. The molecule has 0 aliphatic heterocycles. The highest BCUT2D eigenvalue weighted by molar-refractivity contribution is 7.99. The maximum Gasteiger partial charge on any atom is 0.169 e. The second kappa shape index (κ2) is 12.3. The summed E-state index contributed by atoms with van der Waals surface area (Å²) in [6, 6.07) is 4.37. The van der Waals surface area contributed by atoms with E-state index >= 15 is 0 Å². The van der Waals surface area contributed by atoms with Crippen molar-refractivity contribution in [2.45, 2.75) is 71.8 Å². The number of hydrogen-bond donors (Lipinski definition) is 0. The molecule has 0 amide bonds. The van der Waals surface area contributed by atoms with E-state index in [1.165, 1.54) is 68.4 Å². The van der Waals surface area contributed by atoms with Crippen LogP contribution in [0.5, 0.6) is 0 Å². The van der Waals surface area contributed by atoms with Crippen molar-refractivity contribution in [2.24, 2.45) is 0 Å². The van der Waals surface area contributed by atoms with Crippen LogP contribution in [0.15, 0.2) is 24.5 Å². The van der Waals surface area contributed by atoms with Gasteiger partial charge >= 0.3 is 0 Å². The monoisotopic (exact) mass is 294 g/mol. The van der Waals surface area contributed by atoms with Crippen molar-refractivity contribution in [3.8, 4) is 0 Å². The van der Waals surface area contributed by atoms with E-state index in [-0.39, 0.29) is 0 Å². The topological polar surface area (TPSA) is 3.88 Å².